The fourth-order valence-electron chi connectivity index (χ4n) is 2.85. The Morgan fingerprint density at radius 1 is 1.12 bits per heavy atom. The predicted molar refractivity (Wildman–Crippen MR) is 91.2 cm³/mol. The molecule has 24 heavy (non-hydrogen) atoms. The predicted octanol–water partition coefficient (Wildman–Crippen LogP) is 2.87. The molecule has 130 valence electrons. The average Bonchev–Trinajstić information content (AvgIpc) is 2.55. The first-order valence-electron chi connectivity index (χ1n) is 7.84. The van der Waals surface area contributed by atoms with E-state index in [2.05, 4.69) is 5.32 Å². The van der Waals surface area contributed by atoms with Crippen LogP contribution in [0.5, 0.6) is 0 Å². The molecule has 0 saturated heterocycles. The van der Waals surface area contributed by atoms with Crippen molar-refractivity contribution in [1.82, 2.24) is 4.90 Å². The molecule has 6 nitrogen and oxygen atoms in total. The van der Waals surface area contributed by atoms with Crippen LogP contribution in [0.3, 0.4) is 0 Å². The minimum atomic E-state index is -0.793. The first-order valence-corrected chi connectivity index (χ1v) is 8.22. The van der Waals surface area contributed by atoms with Crippen molar-refractivity contribution < 1.29 is 19.5 Å². The summed E-state index contributed by atoms with van der Waals surface area (Å²) in [4.78, 5) is 36.8. The van der Waals surface area contributed by atoms with Gasteiger partial charge in [0.25, 0.3) is 5.91 Å². The number of carbonyl (C=O) groups is 3. The molecule has 0 unspecified atom stereocenters. The molecule has 0 atom stereocenters. The number of rotatable bonds is 4. The van der Waals surface area contributed by atoms with Crippen LogP contribution < -0.4 is 5.32 Å². The maximum Gasteiger partial charge on any atom is 0.306 e. The van der Waals surface area contributed by atoms with Crippen molar-refractivity contribution >= 4 is 35.1 Å². The van der Waals surface area contributed by atoms with Crippen LogP contribution >= 0.6 is 11.6 Å². The molecule has 1 saturated carbocycles. The van der Waals surface area contributed by atoms with Crippen molar-refractivity contribution in [2.45, 2.75) is 25.7 Å². The second-order valence-electron chi connectivity index (χ2n) is 6.27. The quantitative estimate of drug-likeness (QED) is 0.872. The highest BCUT2D eigenvalue weighted by atomic mass is 35.5. The Kier molecular flexibility index (Phi) is 5.83. The number of halogens is 1. The molecule has 1 aliphatic carbocycles. The van der Waals surface area contributed by atoms with Gasteiger partial charge in [0.2, 0.25) is 5.91 Å². The van der Waals surface area contributed by atoms with Gasteiger partial charge in [0, 0.05) is 25.7 Å². The van der Waals surface area contributed by atoms with E-state index >= 15 is 0 Å². The summed E-state index contributed by atoms with van der Waals surface area (Å²) in [6, 6.07) is 4.79. The molecule has 2 N–H and O–H groups in total. The van der Waals surface area contributed by atoms with Crippen molar-refractivity contribution in [3.8, 4) is 0 Å². The first-order chi connectivity index (χ1) is 11.3. The lowest BCUT2D eigenvalue weighted by Crippen LogP contribution is -2.29. The monoisotopic (exact) mass is 352 g/mol. The molecule has 2 rings (SSSR count). The van der Waals surface area contributed by atoms with Gasteiger partial charge in [-0.2, -0.15) is 0 Å². The van der Waals surface area contributed by atoms with Crippen LogP contribution in [-0.2, 0) is 9.59 Å². The molecule has 1 aromatic rings. The fraction of sp³-hybridized carbons (Fsp3) is 0.471. The standard InChI is InChI=1S/C17H21ClN2O4/c1-20(2)16(22)13-9-12(7-8-14(13)18)19-15(21)10-3-5-11(6-4-10)17(23)24/h7-11H,3-6H2,1-2H3,(H,19,21)(H,23,24). The number of aliphatic carboxylic acids is 1. The molecule has 0 bridgehead atoms. The minimum absolute atomic E-state index is 0.149. The largest absolute Gasteiger partial charge is 0.481 e. The normalized spacial score (nSPS) is 20.3. The molecular weight excluding hydrogens is 332 g/mol. The van der Waals surface area contributed by atoms with Crippen molar-refractivity contribution in [3.05, 3.63) is 28.8 Å². The maximum atomic E-state index is 12.4. The number of carbonyl (C=O) groups excluding carboxylic acids is 2. The summed E-state index contributed by atoms with van der Waals surface area (Å²) in [5, 5.41) is 12.1. The van der Waals surface area contributed by atoms with Gasteiger partial charge in [0.1, 0.15) is 0 Å². The smallest absolute Gasteiger partial charge is 0.306 e. The summed E-state index contributed by atoms with van der Waals surface area (Å²) in [5.74, 6) is -1.74. The van der Waals surface area contributed by atoms with E-state index in [9.17, 15) is 14.4 Å². The van der Waals surface area contributed by atoms with E-state index in [0.29, 0.717) is 42.0 Å². The van der Waals surface area contributed by atoms with Gasteiger partial charge in [-0.1, -0.05) is 11.6 Å². The number of carboxylic acids is 1. The summed E-state index contributed by atoms with van der Waals surface area (Å²) in [7, 11) is 3.26. The van der Waals surface area contributed by atoms with E-state index < -0.39 is 5.97 Å². The van der Waals surface area contributed by atoms with Crippen LogP contribution in [0, 0.1) is 11.8 Å². The topological polar surface area (TPSA) is 86.7 Å². The number of hydrogen-bond donors (Lipinski definition) is 2. The van der Waals surface area contributed by atoms with Crippen LogP contribution in [0.25, 0.3) is 0 Å². The van der Waals surface area contributed by atoms with E-state index in [4.69, 9.17) is 16.7 Å². The molecular formula is C17H21ClN2O4. The van der Waals surface area contributed by atoms with Gasteiger partial charge in [-0.25, -0.2) is 0 Å². The van der Waals surface area contributed by atoms with Crippen LogP contribution in [0.1, 0.15) is 36.0 Å². The number of nitrogens with zero attached hydrogens (tertiary/aromatic N) is 1. The summed E-state index contributed by atoms with van der Waals surface area (Å²) < 4.78 is 0. The molecule has 0 spiro atoms. The minimum Gasteiger partial charge on any atom is -0.481 e. The highest BCUT2D eigenvalue weighted by Crippen LogP contribution is 2.30. The summed E-state index contributed by atoms with van der Waals surface area (Å²) >= 11 is 6.05. The summed E-state index contributed by atoms with van der Waals surface area (Å²) in [6.07, 6.45) is 2.14. The second kappa shape index (κ2) is 7.66. The van der Waals surface area contributed by atoms with Crippen molar-refractivity contribution in [3.63, 3.8) is 0 Å². The van der Waals surface area contributed by atoms with Crippen LogP contribution in [-0.4, -0.2) is 41.9 Å². The Hall–Kier alpha value is -2.08. The molecule has 7 heteroatoms. The lowest BCUT2D eigenvalue weighted by atomic mass is 9.81. The number of carboxylic acid groups (broad SMARTS) is 1. The fourth-order valence-corrected chi connectivity index (χ4v) is 3.05. The SMILES string of the molecule is CN(C)C(=O)c1cc(NC(=O)C2CCC(C(=O)O)CC2)ccc1Cl. The molecule has 1 aliphatic rings. The van der Waals surface area contributed by atoms with Crippen LogP contribution in [0.4, 0.5) is 5.69 Å². The van der Waals surface area contributed by atoms with Crippen molar-refractivity contribution in [1.29, 1.82) is 0 Å². The van der Waals surface area contributed by atoms with E-state index in [1.165, 1.54) is 4.90 Å². The third-order valence-corrected chi connectivity index (χ3v) is 4.65. The van der Waals surface area contributed by atoms with Gasteiger partial charge in [-0.05, 0) is 43.9 Å². The Morgan fingerprint density at radius 2 is 1.71 bits per heavy atom. The Morgan fingerprint density at radius 3 is 2.25 bits per heavy atom. The molecule has 0 aromatic heterocycles. The van der Waals surface area contributed by atoms with Gasteiger partial charge >= 0.3 is 5.97 Å². The number of nitrogens with one attached hydrogen (secondary N) is 1. The first kappa shape index (κ1) is 18.3. The van der Waals surface area contributed by atoms with Gasteiger partial charge in [-0.15, -0.1) is 0 Å². The highest BCUT2D eigenvalue weighted by molar-refractivity contribution is 6.34. The Labute approximate surface area is 145 Å². The van der Waals surface area contributed by atoms with Crippen LogP contribution in [0.15, 0.2) is 18.2 Å². The van der Waals surface area contributed by atoms with E-state index in [-0.39, 0.29) is 23.7 Å². The van der Waals surface area contributed by atoms with E-state index in [1.54, 1.807) is 32.3 Å². The Balaban J connectivity index is 2.03. The molecule has 2 amide bonds. The third kappa shape index (κ3) is 4.26. The lowest BCUT2D eigenvalue weighted by Gasteiger charge is -2.25. The van der Waals surface area contributed by atoms with Gasteiger partial charge in [0.05, 0.1) is 16.5 Å². The zero-order chi connectivity index (χ0) is 17.9. The van der Waals surface area contributed by atoms with Gasteiger partial charge in [-0.3, -0.25) is 14.4 Å². The zero-order valence-corrected chi connectivity index (χ0v) is 14.5. The molecule has 0 radical (unpaired) electrons. The zero-order valence-electron chi connectivity index (χ0n) is 13.7. The Bertz CT molecular complexity index is 652. The van der Waals surface area contributed by atoms with Crippen molar-refractivity contribution in [2.75, 3.05) is 19.4 Å². The number of benzene rings is 1. The van der Waals surface area contributed by atoms with Gasteiger partial charge in [0.15, 0.2) is 0 Å². The average molecular weight is 353 g/mol. The van der Waals surface area contributed by atoms with E-state index in [1.807, 2.05) is 0 Å². The molecule has 1 fully saturated rings. The number of amides is 2. The van der Waals surface area contributed by atoms with Gasteiger partial charge < -0.3 is 15.3 Å². The highest BCUT2D eigenvalue weighted by Gasteiger charge is 2.29. The second-order valence-corrected chi connectivity index (χ2v) is 6.68. The van der Waals surface area contributed by atoms with E-state index in [0.717, 1.165) is 0 Å². The molecule has 1 aromatic carbocycles. The third-order valence-electron chi connectivity index (χ3n) is 4.32. The number of hydrogen-bond acceptors (Lipinski definition) is 3. The summed E-state index contributed by atoms with van der Waals surface area (Å²) in [6.45, 7) is 0. The maximum absolute atomic E-state index is 12.4. The number of anilines is 1. The van der Waals surface area contributed by atoms with Crippen molar-refractivity contribution in [2.24, 2.45) is 11.8 Å². The lowest BCUT2D eigenvalue weighted by molar-refractivity contribution is -0.143. The van der Waals surface area contributed by atoms with Crippen LogP contribution in [0.2, 0.25) is 5.02 Å². The molecule has 0 aliphatic heterocycles. The molecule has 0 heterocycles. The summed E-state index contributed by atoms with van der Waals surface area (Å²) in [5.41, 5.74) is 0.837.